The Hall–Kier alpha value is -2.36. The number of carbonyl (C=O) groups is 1. The third-order valence-electron chi connectivity index (χ3n) is 2.12. The molecule has 0 amide bonds. The number of nitrogens with one attached hydrogen (secondary N) is 1. The fraction of sp³-hybridized carbons (Fsp3) is 0. The van der Waals surface area contributed by atoms with Crippen molar-refractivity contribution in [3.05, 3.63) is 66.0 Å². The Morgan fingerprint density at radius 3 is 2.29 bits per heavy atom. The third-order valence-corrected chi connectivity index (χ3v) is 2.12. The summed E-state index contributed by atoms with van der Waals surface area (Å²) in [6.07, 6.45) is 0. The predicted molar refractivity (Wildman–Crippen MR) is 61.9 cm³/mol. The molecular formula is C13H10FNO2. The van der Waals surface area contributed by atoms with Gasteiger partial charge in [0.15, 0.2) is 0 Å². The van der Waals surface area contributed by atoms with Crippen LogP contribution < -0.4 is 5.48 Å². The van der Waals surface area contributed by atoms with Gasteiger partial charge in [-0.25, -0.2) is 14.7 Å². The Labute approximate surface area is 97.8 Å². The van der Waals surface area contributed by atoms with Crippen LogP contribution in [0.25, 0.3) is 0 Å². The maximum atomic E-state index is 12.6. The van der Waals surface area contributed by atoms with E-state index in [1.54, 1.807) is 12.1 Å². The summed E-state index contributed by atoms with van der Waals surface area (Å²) in [5, 5.41) is 0. The number of halogens is 1. The Bertz CT molecular complexity index is 497. The molecule has 0 saturated carbocycles. The molecule has 2 aromatic rings. The summed E-state index contributed by atoms with van der Waals surface area (Å²) in [4.78, 5) is 16.4. The van der Waals surface area contributed by atoms with E-state index in [2.05, 4.69) is 5.48 Å². The molecule has 0 unspecified atom stereocenters. The van der Waals surface area contributed by atoms with Crippen molar-refractivity contribution in [2.24, 2.45) is 0 Å². The van der Waals surface area contributed by atoms with Gasteiger partial charge in [0.25, 0.3) is 0 Å². The second-order valence-corrected chi connectivity index (χ2v) is 3.36. The van der Waals surface area contributed by atoms with E-state index in [-0.39, 0.29) is 5.56 Å². The van der Waals surface area contributed by atoms with Gasteiger partial charge in [-0.2, -0.15) is 0 Å². The minimum Gasteiger partial charge on any atom is -0.338 e. The first-order valence-electron chi connectivity index (χ1n) is 5.03. The summed E-state index contributed by atoms with van der Waals surface area (Å²) in [5.74, 6) is -0.952. The van der Waals surface area contributed by atoms with Crippen LogP contribution in [-0.4, -0.2) is 5.97 Å². The van der Waals surface area contributed by atoms with E-state index in [1.165, 1.54) is 24.3 Å². The molecule has 0 aromatic heterocycles. The molecule has 0 bridgehead atoms. The molecule has 0 radical (unpaired) electrons. The van der Waals surface area contributed by atoms with Gasteiger partial charge in [0.2, 0.25) is 0 Å². The largest absolute Gasteiger partial charge is 0.362 e. The third kappa shape index (κ3) is 3.04. The van der Waals surface area contributed by atoms with Crippen molar-refractivity contribution in [1.82, 2.24) is 0 Å². The molecule has 1 N–H and O–H groups in total. The van der Waals surface area contributed by atoms with E-state index >= 15 is 0 Å². The minimum absolute atomic E-state index is 0.287. The highest BCUT2D eigenvalue weighted by atomic mass is 19.1. The summed E-state index contributed by atoms with van der Waals surface area (Å²) in [6.45, 7) is 0. The zero-order valence-electron chi connectivity index (χ0n) is 8.89. The van der Waals surface area contributed by atoms with E-state index in [1.807, 2.05) is 18.2 Å². The van der Waals surface area contributed by atoms with Crippen molar-refractivity contribution in [3.63, 3.8) is 0 Å². The lowest BCUT2D eigenvalue weighted by atomic mass is 10.2. The monoisotopic (exact) mass is 231 g/mol. The van der Waals surface area contributed by atoms with Crippen LogP contribution >= 0.6 is 0 Å². The van der Waals surface area contributed by atoms with Crippen LogP contribution in [-0.2, 0) is 4.84 Å². The second kappa shape index (κ2) is 5.12. The fourth-order valence-corrected chi connectivity index (χ4v) is 1.26. The minimum atomic E-state index is -0.561. The molecule has 0 spiro atoms. The van der Waals surface area contributed by atoms with Crippen molar-refractivity contribution in [3.8, 4) is 0 Å². The zero-order valence-corrected chi connectivity index (χ0v) is 8.89. The number of hydrogen-bond acceptors (Lipinski definition) is 3. The van der Waals surface area contributed by atoms with Gasteiger partial charge < -0.3 is 4.84 Å². The molecule has 0 heterocycles. The van der Waals surface area contributed by atoms with E-state index < -0.39 is 11.8 Å². The van der Waals surface area contributed by atoms with Gasteiger partial charge in [0.05, 0.1) is 11.3 Å². The topological polar surface area (TPSA) is 38.3 Å². The molecule has 3 nitrogen and oxygen atoms in total. The molecule has 2 rings (SSSR count). The van der Waals surface area contributed by atoms with Crippen LogP contribution in [0, 0.1) is 5.82 Å². The molecule has 0 saturated heterocycles. The van der Waals surface area contributed by atoms with Gasteiger partial charge in [0, 0.05) is 0 Å². The smallest absolute Gasteiger partial charge is 0.338 e. The lowest BCUT2D eigenvalue weighted by Gasteiger charge is -2.06. The number of rotatable bonds is 3. The quantitative estimate of drug-likeness (QED) is 0.825. The van der Waals surface area contributed by atoms with Gasteiger partial charge in [-0.05, 0) is 36.4 Å². The van der Waals surface area contributed by atoms with Crippen molar-refractivity contribution in [1.29, 1.82) is 0 Å². The maximum Gasteiger partial charge on any atom is 0.362 e. The first-order valence-corrected chi connectivity index (χ1v) is 5.03. The van der Waals surface area contributed by atoms with Gasteiger partial charge in [-0.3, -0.25) is 0 Å². The van der Waals surface area contributed by atoms with Gasteiger partial charge in [0.1, 0.15) is 5.82 Å². The van der Waals surface area contributed by atoms with E-state index in [4.69, 9.17) is 4.84 Å². The molecular weight excluding hydrogens is 221 g/mol. The molecule has 2 aromatic carbocycles. The van der Waals surface area contributed by atoms with Crippen molar-refractivity contribution in [2.45, 2.75) is 0 Å². The Kier molecular flexibility index (Phi) is 3.35. The van der Waals surface area contributed by atoms with Gasteiger partial charge in [-0.15, -0.1) is 0 Å². The Morgan fingerprint density at radius 1 is 1.00 bits per heavy atom. The molecule has 4 heteroatoms. The molecule has 0 aliphatic heterocycles. The molecule has 17 heavy (non-hydrogen) atoms. The van der Waals surface area contributed by atoms with E-state index in [9.17, 15) is 9.18 Å². The number of para-hydroxylation sites is 1. The Balaban J connectivity index is 1.96. The Morgan fingerprint density at radius 2 is 1.65 bits per heavy atom. The second-order valence-electron chi connectivity index (χ2n) is 3.36. The van der Waals surface area contributed by atoms with Crippen LogP contribution in [0.15, 0.2) is 54.6 Å². The van der Waals surface area contributed by atoms with Crippen LogP contribution in [0.2, 0.25) is 0 Å². The fourth-order valence-electron chi connectivity index (χ4n) is 1.26. The highest BCUT2D eigenvalue weighted by molar-refractivity contribution is 5.89. The molecule has 0 fully saturated rings. The van der Waals surface area contributed by atoms with Crippen molar-refractivity contribution < 1.29 is 14.0 Å². The van der Waals surface area contributed by atoms with Crippen molar-refractivity contribution in [2.75, 3.05) is 5.48 Å². The normalized spacial score (nSPS) is 9.71. The lowest BCUT2D eigenvalue weighted by Crippen LogP contribution is -2.10. The number of hydrogen-bond donors (Lipinski definition) is 1. The molecule has 86 valence electrons. The van der Waals surface area contributed by atoms with Crippen LogP contribution in [0.3, 0.4) is 0 Å². The summed E-state index contributed by atoms with van der Waals surface area (Å²) < 4.78 is 12.6. The molecule has 0 aliphatic rings. The highest BCUT2D eigenvalue weighted by Gasteiger charge is 2.07. The summed E-state index contributed by atoms with van der Waals surface area (Å²) in [5.41, 5.74) is 3.47. The lowest BCUT2D eigenvalue weighted by molar-refractivity contribution is 0.0596. The number of benzene rings is 2. The first kappa shape index (κ1) is 11.1. The van der Waals surface area contributed by atoms with Crippen LogP contribution in [0.5, 0.6) is 0 Å². The van der Waals surface area contributed by atoms with E-state index in [0.717, 1.165) is 0 Å². The highest BCUT2D eigenvalue weighted by Crippen LogP contribution is 2.08. The van der Waals surface area contributed by atoms with Crippen LogP contribution in [0.1, 0.15) is 10.4 Å². The maximum absolute atomic E-state index is 12.6. The summed E-state index contributed by atoms with van der Waals surface area (Å²) >= 11 is 0. The average Bonchev–Trinajstić information content (AvgIpc) is 2.38. The SMILES string of the molecule is O=C(ONc1ccccc1)c1ccc(F)cc1. The number of anilines is 1. The predicted octanol–water partition coefficient (Wildman–Crippen LogP) is 3.01. The summed E-state index contributed by atoms with van der Waals surface area (Å²) in [6, 6.07) is 14.2. The average molecular weight is 231 g/mol. The number of carbonyl (C=O) groups excluding carboxylic acids is 1. The van der Waals surface area contributed by atoms with Crippen LogP contribution in [0.4, 0.5) is 10.1 Å². The van der Waals surface area contributed by atoms with Gasteiger partial charge >= 0.3 is 5.97 Å². The first-order chi connectivity index (χ1) is 8.25. The zero-order chi connectivity index (χ0) is 12.1. The summed E-state index contributed by atoms with van der Waals surface area (Å²) in [7, 11) is 0. The molecule has 0 atom stereocenters. The van der Waals surface area contributed by atoms with Gasteiger partial charge in [-0.1, -0.05) is 18.2 Å². The van der Waals surface area contributed by atoms with E-state index in [0.29, 0.717) is 5.69 Å². The molecule has 0 aliphatic carbocycles. The standard InChI is InChI=1S/C13H10FNO2/c14-11-8-6-10(7-9-11)13(16)17-15-12-4-2-1-3-5-12/h1-9,15H. The van der Waals surface area contributed by atoms with Crippen molar-refractivity contribution >= 4 is 11.7 Å².